The van der Waals surface area contributed by atoms with Crippen LogP contribution in [0.4, 0.5) is 0 Å². The molecule has 0 aromatic carbocycles. The van der Waals surface area contributed by atoms with Gasteiger partial charge in [0.1, 0.15) is 0 Å². The number of fused-ring (bicyclic) bond motifs is 7. The summed E-state index contributed by atoms with van der Waals surface area (Å²) in [6.07, 6.45) is 9.64. The molecule has 2 N–H and O–H groups in total. The molecule has 0 aromatic rings. The lowest BCUT2D eigenvalue weighted by atomic mass is 9.38. The van der Waals surface area contributed by atoms with Gasteiger partial charge < -0.3 is 10.2 Å². The Labute approximate surface area is 189 Å². The van der Waals surface area contributed by atoms with Crippen molar-refractivity contribution in [1.82, 2.24) is 0 Å². The number of aliphatic hydroxyl groups is 2. The summed E-state index contributed by atoms with van der Waals surface area (Å²) in [5.41, 5.74) is 2.87. The molecule has 9 atom stereocenters. The molecular weight excluding hydrogens is 384 g/mol. The summed E-state index contributed by atoms with van der Waals surface area (Å²) in [7, 11) is 0. The molecule has 0 spiro atoms. The summed E-state index contributed by atoms with van der Waals surface area (Å²) >= 11 is 0. The number of hydrogen-bond acceptors (Lipinski definition) is 3. The molecule has 3 nitrogen and oxygen atoms in total. The first-order chi connectivity index (χ1) is 14.6. The van der Waals surface area contributed by atoms with E-state index in [1.807, 2.05) is 0 Å². The standard InChI is InChI=1S/C28H44O3/c1-16(2)24-22(31)14-28(15-29)13-9-20-18(25(24)28)6-7-23-26(4)12-10-21(30)17(3)19(26)8-11-27(20,23)5/h16-21,23,29-30H,6-15H2,1-5H3/t17?,18?,19-,20?,21?,23?,26?,27?,28?/m0/s1. The van der Waals surface area contributed by atoms with E-state index in [9.17, 15) is 15.0 Å². The van der Waals surface area contributed by atoms with Gasteiger partial charge in [-0.15, -0.1) is 0 Å². The summed E-state index contributed by atoms with van der Waals surface area (Å²) in [5.74, 6) is 3.48. The van der Waals surface area contributed by atoms with Crippen molar-refractivity contribution in [2.45, 2.75) is 98.5 Å². The van der Waals surface area contributed by atoms with Crippen LogP contribution in [0.15, 0.2) is 11.1 Å². The number of allylic oxidation sites excluding steroid dienone is 1. The first-order valence-corrected chi connectivity index (χ1v) is 13.2. The molecule has 0 amide bonds. The third-order valence-electron chi connectivity index (χ3n) is 11.6. The van der Waals surface area contributed by atoms with Crippen LogP contribution in [0.3, 0.4) is 0 Å². The highest BCUT2D eigenvalue weighted by Gasteiger charge is 2.64. The topological polar surface area (TPSA) is 57.5 Å². The molecule has 0 aromatic heterocycles. The minimum absolute atomic E-state index is 0.123. The number of Topliss-reactive ketones (excluding diaryl/α,β-unsaturated/α-hetero) is 1. The fourth-order valence-electron chi connectivity index (χ4n) is 10.2. The fraction of sp³-hybridized carbons (Fsp3) is 0.893. The molecule has 5 aliphatic rings. The predicted molar refractivity (Wildman–Crippen MR) is 123 cm³/mol. The van der Waals surface area contributed by atoms with Crippen LogP contribution in [0, 0.1) is 51.8 Å². The summed E-state index contributed by atoms with van der Waals surface area (Å²) in [6, 6.07) is 0. The van der Waals surface area contributed by atoms with E-state index in [-0.39, 0.29) is 24.0 Å². The molecule has 4 fully saturated rings. The third-order valence-corrected chi connectivity index (χ3v) is 11.6. The second-order valence-corrected chi connectivity index (χ2v) is 13.0. The summed E-state index contributed by atoms with van der Waals surface area (Å²) in [6.45, 7) is 11.9. The Morgan fingerprint density at radius 3 is 2.29 bits per heavy atom. The Bertz CT molecular complexity index is 798. The van der Waals surface area contributed by atoms with Gasteiger partial charge in [0.25, 0.3) is 0 Å². The number of rotatable bonds is 2. The van der Waals surface area contributed by atoms with Gasteiger partial charge in [0.15, 0.2) is 5.78 Å². The largest absolute Gasteiger partial charge is 0.395 e. The fourth-order valence-corrected chi connectivity index (χ4v) is 10.2. The van der Waals surface area contributed by atoms with Crippen LogP contribution in [0.2, 0.25) is 0 Å². The zero-order chi connectivity index (χ0) is 22.3. The second kappa shape index (κ2) is 7.16. The van der Waals surface area contributed by atoms with E-state index < -0.39 is 0 Å². The molecule has 31 heavy (non-hydrogen) atoms. The zero-order valence-electron chi connectivity index (χ0n) is 20.4. The van der Waals surface area contributed by atoms with Crippen LogP contribution < -0.4 is 0 Å². The van der Waals surface area contributed by atoms with E-state index in [0.717, 1.165) is 24.3 Å². The molecule has 0 heterocycles. The van der Waals surface area contributed by atoms with E-state index in [1.54, 1.807) is 0 Å². The van der Waals surface area contributed by atoms with Crippen LogP contribution in [-0.4, -0.2) is 28.7 Å². The molecule has 5 rings (SSSR count). The van der Waals surface area contributed by atoms with Gasteiger partial charge in [-0.05, 0) is 103 Å². The molecule has 5 aliphatic carbocycles. The lowest BCUT2D eigenvalue weighted by Crippen LogP contribution is -2.60. The third kappa shape index (κ3) is 2.81. The number of carbonyl (C=O) groups excluding carboxylic acids is 1. The molecule has 0 radical (unpaired) electrons. The van der Waals surface area contributed by atoms with Gasteiger partial charge >= 0.3 is 0 Å². The first-order valence-electron chi connectivity index (χ1n) is 13.2. The maximum Gasteiger partial charge on any atom is 0.160 e. The molecular formula is C28H44O3. The number of hydrogen-bond donors (Lipinski definition) is 2. The van der Waals surface area contributed by atoms with Gasteiger partial charge in [0, 0.05) is 11.8 Å². The van der Waals surface area contributed by atoms with Crippen LogP contribution in [0.5, 0.6) is 0 Å². The van der Waals surface area contributed by atoms with Gasteiger partial charge in [0.2, 0.25) is 0 Å². The molecule has 0 saturated heterocycles. The van der Waals surface area contributed by atoms with Gasteiger partial charge in [-0.25, -0.2) is 0 Å². The Hall–Kier alpha value is -0.670. The number of ketones is 1. The van der Waals surface area contributed by atoms with Crippen LogP contribution in [0.1, 0.15) is 92.4 Å². The summed E-state index contributed by atoms with van der Waals surface area (Å²) < 4.78 is 0. The minimum atomic E-state index is -0.258. The quantitative estimate of drug-likeness (QED) is 0.607. The average Bonchev–Trinajstić information content (AvgIpc) is 3.03. The molecule has 4 saturated carbocycles. The normalized spacial score (nSPS) is 51.9. The van der Waals surface area contributed by atoms with Crippen LogP contribution in [0.25, 0.3) is 0 Å². The zero-order valence-corrected chi connectivity index (χ0v) is 20.4. The molecule has 0 bridgehead atoms. The van der Waals surface area contributed by atoms with Crippen molar-refractivity contribution >= 4 is 5.78 Å². The Morgan fingerprint density at radius 2 is 1.61 bits per heavy atom. The Kier molecular flexibility index (Phi) is 5.11. The minimum Gasteiger partial charge on any atom is -0.395 e. The highest BCUT2D eigenvalue weighted by molar-refractivity contribution is 6.00. The smallest absolute Gasteiger partial charge is 0.160 e. The lowest BCUT2D eigenvalue weighted by molar-refractivity contribution is -0.179. The van der Waals surface area contributed by atoms with Crippen molar-refractivity contribution in [2.24, 2.45) is 51.8 Å². The van der Waals surface area contributed by atoms with Crippen molar-refractivity contribution in [3.63, 3.8) is 0 Å². The predicted octanol–water partition coefficient (Wildman–Crippen LogP) is 5.54. The van der Waals surface area contributed by atoms with E-state index >= 15 is 0 Å². The number of aliphatic hydroxyl groups excluding tert-OH is 2. The van der Waals surface area contributed by atoms with Crippen LogP contribution >= 0.6 is 0 Å². The lowest BCUT2D eigenvalue weighted by Gasteiger charge is -2.67. The summed E-state index contributed by atoms with van der Waals surface area (Å²) in [4.78, 5) is 13.1. The van der Waals surface area contributed by atoms with Crippen molar-refractivity contribution in [1.29, 1.82) is 0 Å². The van der Waals surface area contributed by atoms with Crippen molar-refractivity contribution < 1.29 is 15.0 Å². The first kappa shape index (κ1) is 22.1. The van der Waals surface area contributed by atoms with Crippen molar-refractivity contribution in [3.8, 4) is 0 Å². The van der Waals surface area contributed by atoms with E-state index in [0.29, 0.717) is 46.7 Å². The maximum atomic E-state index is 13.1. The average molecular weight is 429 g/mol. The van der Waals surface area contributed by atoms with Crippen LogP contribution in [-0.2, 0) is 4.79 Å². The van der Waals surface area contributed by atoms with Crippen molar-refractivity contribution in [3.05, 3.63) is 11.1 Å². The van der Waals surface area contributed by atoms with Gasteiger partial charge in [-0.1, -0.05) is 40.2 Å². The Morgan fingerprint density at radius 1 is 0.968 bits per heavy atom. The monoisotopic (exact) mass is 428 g/mol. The van der Waals surface area contributed by atoms with E-state index in [1.165, 1.54) is 44.1 Å². The molecule has 174 valence electrons. The second-order valence-electron chi connectivity index (χ2n) is 13.0. The maximum absolute atomic E-state index is 13.1. The molecule has 0 aliphatic heterocycles. The molecule has 3 heteroatoms. The van der Waals surface area contributed by atoms with Gasteiger partial charge in [0.05, 0.1) is 12.7 Å². The van der Waals surface area contributed by atoms with Crippen molar-refractivity contribution in [2.75, 3.05) is 6.61 Å². The highest BCUT2D eigenvalue weighted by atomic mass is 16.3. The Balaban J connectivity index is 1.55. The van der Waals surface area contributed by atoms with Gasteiger partial charge in [-0.2, -0.15) is 0 Å². The highest BCUT2D eigenvalue weighted by Crippen LogP contribution is 2.71. The SMILES string of the molecule is CC(C)C1=C2C3CCC4C(C)(CC[C@H]5C(C)C(O)CCC45C)C3CCC2(CO)CC1=O. The molecule has 8 unspecified atom stereocenters. The summed E-state index contributed by atoms with van der Waals surface area (Å²) in [5, 5.41) is 21.1. The van der Waals surface area contributed by atoms with Gasteiger partial charge in [-0.3, -0.25) is 4.79 Å². The van der Waals surface area contributed by atoms with E-state index in [4.69, 9.17) is 0 Å². The number of carbonyl (C=O) groups is 1. The van der Waals surface area contributed by atoms with E-state index in [2.05, 4.69) is 34.6 Å².